The molecule has 19 heavy (non-hydrogen) atoms. The molecular weight excluding hydrogens is 254 g/mol. The number of hydrogen-bond donors (Lipinski definition) is 2. The SMILES string of the molecule is N[C@H](CS)COc1ccc(Cc2ccccc2)cc1. The van der Waals surface area contributed by atoms with Crippen LogP contribution in [0.25, 0.3) is 0 Å². The molecule has 2 N–H and O–H groups in total. The molecular formula is C16H19NOS. The largest absolute Gasteiger partial charge is 0.492 e. The number of nitrogens with two attached hydrogens (primary N) is 1. The zero-order valence-corrected chi connectivity index (χ0v) is 11.7. The van der Waals surface area contributed by atoms with Crippen molar-refractivity contribution in [3.8, 4) is 5.75 Å². The van der Waals surface area contributed by atoms with Crippen LogP contribution in [0, 0.1) is 0 Å². The van der Waals surface area contributed by atoms with E-state index in [0.717, 1.165) is 12.2 Å². The third-order valence-corrected chi connectivity index (χ3v) is 3.34. The first-order valence-electron chi connectivity index (χ1n) is 6.40. The van der Waals surface area contributed by atoms with E-state index in [4.69, 9.17) is 10.5 Å². The van der Waals surface area contributed by atoms with E-state index in [1.807, 2.05) is 18.2 Å². The van der Waals surface area contributed by atoms with Crippen LogP contribution in [0.15, 0.2) is 54.6 Å². The second-order valence-corrected chi connectivity index (χ2v) is 4.93. The molecule has 0 saturated heterocycles. The molecule has 0 heterocycles. The Hall–Kier alpha value is -1.45. The van der Waals surface area contributed by atoms with Crippen LogP contribution >= 0.6 is 12.6 Å². The van der Waals surface area contributed by atoms with Gasteiger partial charge in [0, 0.05) is 11.8 Å². The van der Waals surface area contributed by atoms with Gasteiger partial charge < -0.3 is 10.5 Å². The van der Waals surface area contributed by atoms with Crippen LogP contribution in [0.2, 0.25) is 0 Å². The van der Waals surface area contributed by atoms with Crippen molar-refractivity contribution in [2.75, 3.05) is 12.4 Å². The van der Waals surface area contributed by atoms with Gasteiger partial charge in [0.15, 0.2) is 0 Å². The highest BCUT2D eigenvalue weighted by molar-refractivity contribution is 7.80. The fourth-order valence-corrected chi connectivity index (χ4v) is 1.90. The molecule has 100 valence electrons. The number of rotatable bonds is 6. The normalized spacial score (nSPS) is 12.1. The van der Waals surface area contributed by atoms with Crippen molar-refractivity contribution < 1.29 is 4.74 Å². The summed E-state index contributed by atoms with van der Waals surface area (Å²) in [7, 11) is 0. The van der Waals surface area contributed by atoms with Crippen LogP contribution in [0.1, 0.15) is 11.1 Å². The third kappa shape index (κ3) is 4.62. The van der Waals surface area contributed by atoms with Gasteiger partial charge in [0.2, 0.25) is 0 Å². The molecule has 0 radical (unpaired) electrons. The summed E-state index contributed by atoms with van der Waals surface area (Å²) in [5.41, 5.74) is 8.34. The first-order valence-corrected chi connectivity index (χ1v) is 7.03. The molecule has 3 heteroatoms. The van der Waals surface area contributed by atoms with Gasteiger partial charge in [0.1, 0.15) is 12.4 Å². The molecule has 2 rings (SSSR count). The molecule has 0 aliphatic heterocycles. The third-order valence-electron chi connectivity index (χ3n) is 2.87. The maximum atomic E-state index is 5.75. The smallest absolute Gasteiger partial charge is 0.119 e. The topological polar surface area (TPSA) is 35.2 Å². The van der Waals surface area contributed by atoms with Gasteiger partial charge in [-0.05, 0) is 29.7 Å². The van der Waals surface area contributed by atoms with Gasteiger partial charge in [-0.25, -0.2) is 0 Å². The van der Waals surface area contributed by atoms with Crippen molar-refractivity contribution in [3.05, 3.63) is 65.7 Å². The first-order chi connectivity index (χ1) is 9.28. The van der Waals surface area contributed by atoms with E-state index >= 15 is 0 Å². The lowest BCUT2D eigenvalue weighted by Crippen LogP contribution is -2.29. The minimum Gasteiger partial charge on any atom is -0.492 e. The Morgan fingerprint density at radius 2 is 1.58 bits per heavy atom. The number of benzene rings is 2. The Bertz CT molecular complexity index is 484. The van der Waals surface area contributed by atoms with E-state index in [1.165, 1.54) is 11.1 Å². The van der Waals surface area contributed by atoms with Gasteiger partial charge in [0.05, 0.1) is 0 Å². The molecule has 2 nitrogen and oxygen atoms in total. The highest BCUT2D eigenvalue weighted by Gasteiger charge is 2.01. The Morgan fingerprint density at radius 1 is 0.947 bits per heavy atom. The summed E-state index contributed by atoms with van der Waals surface area (Å²) in [6.45, 7) is 0.502. The number of hydrogen-bond acceptors (Lipinski definition) is 3. The lowest BCUT2D eigenvalue weighted by atomic mass is 10.1. The molecule has 0 aliphatic rings. The van der Waals surface area contributed by atoms with E-state index in [1.54, 1.807) is 0 Å². The van der Waals surface area contributed by atoms with Crippen LogP contribution in [0.5, 0.6) is 5.75 Å². The molecule has 0 bridgehead atoms. The lowest BCUT2D eigenvalue weighted by molar-refractivity contribution is 0.298. The molecule has 0 saturated carbocycles. The van der Waals surface area contributed by atoms with E-state index in [2.05, 4.69) is 49.0 Å². The van der Waals surface area contributed by atoms with Crippen LogP contribution in [0.4, 0.5) is 0 Å². The van der Waals surface area contributed by atoms with Crippen molar-refractivity contribution in [2.24, 2.45) is 5.73 Å². The molecule has 2 aromatic carbocycles. The summed E-state index contributed by atoms with van der Waals surface area (Å²) >= 11 is 4.13. The van der Waals surface area contributed by atoms with E-state index < -0.39 is 0 Å². The Balaban J connectivity index is 1.91. The van der Waals surface area contributed by atoms with Crippen LogP contribution < -0.4 is 10.5 Å². The lowest BCUT2D eigenvalue weighted by Gasteiger charge is -2.11. The first kappa shape index (κ1) is 14.0. The van der Waals surface area contributed by atoms with E-state index in [9.17, 15) is 0 Å². The molecule has 0 fully saturated rings. The summed E-state index contributed by atoms with van der Waals surface area (Å²) in [4.78, 5) is 0. The highest BCUT2D eigenvalue weighted by Crippen LogP contribution is 2.15. The molecule has 0 aromatic heterocycles. The Kier molecular flexibility index (Phi) is 5.31. The van der Waals surface area contributed by atoms with Crippen molar-refractivity contribution in [1.82, 2.24) is 0 Å². The van der Waals surface area contributed by atoms with Gasteiger partial charge in [0.25, 0.3) is 0 Å². The minimum absolute atomic E-state index is 0.0210. The average molecular weight is 273 g/mol. The van der Waals surface area contributed by atoms with Crippen molar-refractivity contribution >= 4 is 12.6 Å². The summed E-state index contributed by atoms with van der Waals surface area (Å²) in [5.74, 6) is 1.49. The van der Waals surface area contributed by atoms with Crippen LogP contribution in [-0.2, 0) is 6.42 Å². The monoisotopic (exact) mass is 273 g/mol. The van der Waals surface area contributed by atoms with E-state index in [-0.39, 0.29) is 6.04 Å². The van der Waals surface area contributed by atoms with Gasteiger partial charge in [-0.2, -0.15) is 12.6 Å². The molecule has 0 unspecified atom stereocenters. The fraction of sp³-hybridized carbons (Fsp3) is 0.250. The zero-order valence-electron chi connectivity index (χ0n) is 10.8. The number of ether oxygens (including phenoxy) is 1. The van der Waals surface area contributed by atoms with Crippen LogP contribution in [0.3, 0.4) is 0 Å². The van der Waals surface area contributed by atoms with Gasteiger partial charge in [-0.3, -0.25) is 0 Å². The van der Waals surface area contributed by atoms with Crippen molar-refractivity contribution in [1.29, 1.82) is 0 Å². The quantitative estimate of drug-likeness (QED) is 0.794. The van der Waals surface area contributed by atoms with Crippen molar-refractivity contribution in [3.63, 3.8) is 0 Å². The Labute approximate surface area is 120 Å². The summed E-state index contributed by atoms with van der Waals surface area (Å²) < 4.78 is 5.59. The average Bonchev–Trinajstić information content (AvgIpc) is 2.47. The predicted octanol–water partition coefficient (Wildman–Crippen LogP) is 2.91. The molecule has 0 amide bonds. The van der Waals surface area contributed by atoms with Crippen molar-refractivity contribution in [2.45, 2.75) is 12.5 Å². The maximum Gasteiger partial charge on any atom is 0.119 e. The van der Waals surface area contributed by atoms with Gasteiger partial charge in [-0.1, -0.05) is 42.5 Å². The predicted molar refractivity (Wildman–Crippen MR) is 83.0 cm³/mol. The summed E-state index contributed by atoms with van der Waals surface area (Å²) in [6, 6.07) is 18.6. The zero-order chi connectivity index (χ0) is 13.5. The molecule has 0 aliphatic carbocycles. The highest BCUT2D eigenvalue weighted by atomic mass is 32.1. The van der Waals surface area contributed by atoms with Gasteiger partial charge in [-0.15, -0.1) is 0 Å². The standard InChI is InChI=1S/C16H19NOS/c17-15(12-19)11-18-16-8-6-14(7-9-16)10-13-4-2-1-3-5-13/h1-9,15,19H,10-12,17H2/t15-/m0/s1. The van der Waals surface area contributed by atoms with E-state index in [0.29, 0.717) is 12.4 Å². The molecule has 0 spiro atoms. The molecule has 1 atom stereocenters. The second-order valence-electron chi connectivity index (χ2n) is 4.56. The number of thiol groups is 1. The maximum absolute atomic E-state index is 5.75. The second kappa shape index (κ2) is 7.22. The Morgan fingerprint density at radius 3 is 2.21 bits per heavy atom. The van der Waals surface area contributed by atoms with Gasteiger partial charge >= 0.3 is 0 Å². The van der Waals surface area contributed by atoms with Crippen LogP contribution in [-0.4, -0.2) is 18.4 Å². The fourth-order valence-electron chi connectivity index (χ4n) is 1.79. The summed E-state index contributed by atoms with van der Waals surface area (Å²) in [5, 5.41) is 0. The minimum atomic E-state index is -0.0210. The molecule has 2 aromatic rings. The summed E-state index contributed by atoms with van der Waals surface area (Å²) in [6.07, 6.45) is 0.942.